The Balaban J connectivity index is 1.45. The molecule has 3 aromatic rings. The van der Waals surface area contributed by atoms with Crippen molar-refractivity contribution < 1.29 is 19.0 Å². The molecule has 0 spiro atoms. The Bertz CT molecular complexity index is 941. The highest BCUT2D eigenvalue weighted by molar-refractivity contribution is 5.92. The van der Waals surface area contributed by atoms with Crippen LogP contribution in [0.5, 0.6) is 17.2 Å². The maximum Gasteiger partial charge on any atom is 0.262 e. The van der Waals surface area contributed by atoms with Gasteiger partial charge in [0.15, 0.2) is 6.61 Å². The van der Waals surface area contributed by atoms with Gasteiger partial charge in [0.05, 0.1) is 0 Å². The average Bonchev–Trinajstić information content (AvgIpc) is 2.73. The highest BCUT2D eigenvalue weighted by Gasteiger charge is 2.07. The van der Waals surface area contributed by atoms with Crippen LogP contribution < -0.4 is 19.5 Å². The first-order valence-electron chi connectivity index (χ1n) is 9.51. The number of hydrogen-bond donors (Lipinski definition) is 1. The Morgan fingerprint density at radius 1 is 0.793 bits per heavy atom. The van der Waals surface area contributed by atoms with Crippen LogP contribution in [-0.4, -0.2) is 25.7 Å². The fourth-order valence-corrected chi connectivity index (χ4v) is 2.70. The molecule has 0 bridgehead atoms. The monoisotopic (exact) mass is 391 g/mol. The second-order valence-electron chi connectivity index (χ2n) is 6.64. The van der Waals surface area contributed by atoms with Gasteiger partial charge >= 0.3 is 0 Å². The van der Waals surface area contributed by atoms with Gasteiger partial charge in [-0.25, -0.2) is 0 Å². The standard InChI is InChI=1S/C24H25NO4/c1-18-11-12-19(2)23(15-18)29-17-24(26)25-20-7-6-10-22(16-20)28-14-13-27-21-8-4-3-5-9-21/h3-12,15-16H,13-14,17H2,1-2H3,(H,25,26). The van der Waals surface area contributed by atoms with E-state index in [1.54, 1.807) is 6.07 Å². The molecule has 0 radical (unpaired) electrons. The zero-order valence-corrected chi connectivity index (χ0v) is 16.7. The normalized spacial score (nSPS) is 10.3. The zero-order valence-electron chi connectivity index (χ0n) is 16.7. The van der Waals surface area contributed by atoms with E-state index in [0.29, 0.717) is 24.7 Å². The topological polar surface area (TPSA) is 56.8 Å². The Labute approximate surface area is 171 Å². The molecule has 0 aliphatic carbocycles. The third-order valence-electron chi connectivity index (χ3n) is 4.18. The van der Waals surface area contributed by atoms with E-state index in [9.17, 15) is 4.79 Å². The molecule has 0 aromatic heterocycles. The number of amides is 1. The lowest BCUT2D eigenvalue weighted by Gasteiger charge is -2.12. The number of carbonyl (C=O) groups excluding carboxylic acids is 1. The van der Waals surface area contributed by atoms with Gasteiger partial charge in [-0.3, -0.25) is 4.79 Å². The molecule has 3 rings (SSSR count). The summed E-state index contributed by atoms with van der Waals surface area (Å²) in [6.07, 6.45) is 0. The molecule has 0 unspecified atom stereocenters. The number of aryl methyl sites for hydroxylation is 2. The molecule has 0 fully saturated rings. The maximum atomic E-state index is 12.2. The molecule has 0 saturated heterocycles. The summed E-state index contributed by atoms with van der Waals surface area (Å²) in [7, 11) is 0. The second kappa shape index (κ2) is 10.2. The van der Waals surface area contributed by atoms with Crippen LogP contribution in [0.3, 0.4) is 0 Å². The van der Waals surface area contributed by atoms with E-state index < -0.39 is 0 Å². The molecule has 0 atom stereocenters. The molecule has 5 nitrogen and oxygen atoms in total. The SMILES string of the molecule is Cc1ccc(C)c(OCC(=O)Nc2cccc(OCCOc3ccccc3)c2)c1. The molecular weight excluding hydrogens is 366 g/mol. The molecule has 0 saturated carbocycles. The van der Waals surface area contributed by atoms with Crippen molar-refractivity contribution in [3.63, 3.8) is 0 Å². The number of ether oxygens (including phenoxy) is 3. The first-order valence-corrected chi connectivity index (χ1v) is 9.51. The fourth-order valence-electron chi connectivity index (χ4n) is 2.70. The third kappa shape index (κ3) is 6.57. The summed E-state index contributed by atoms with van der Waals surface area (Å²) in [4.78, 5) is 12.2. The molecule has 3 aromatic carbocycles. The second-order valence-corrected chi connectivity index (χ2v) is 6.64. The Morgan fingerprint density at radius 2 is 1.52 bits per heavy atom. The van der Waals surface area contributed by atoms with Crippen molar-refractivity contribution in [1.29, 1.82) is 0 Å². The summed E-state index contributed by atoms with van der Waals surface area (Å²) in [5.74, 6) is 1.96. The molecule has 0 aliphatic rings. The van der Waals surface area contributed by atoms with Gasteiger partial charge in [0.2, 0.25) is 0 Å². The molecule has 150 valence electrons. The number of hydrogen-bond acceptors (Lipinski definition) is 4. The Hall–Kier alpha value is -3.47. The fraction of sp³-hybridized carbons (Fsp3) is 0.208. The van der Waals surface area contributed by atoms with Crippen molar-refractivity contribution in [1.82, 2.24) is 0 Å². The lowest BCUT2D eigenvalue weighted by molar-refractivity contribution is -0.118. The van der Waals surface area contributed by atoms with Crippen molar-refractivity contribution >= 4 is 11.6 Å². The van der Waals surface area contributed by atoms with Crippen molar-refractivity contribution in [3.05, 3.63) is 83.9 Å². The molecule has 0 aliphatic heterocycles. The quantitative estimate of drug-likeness (QED) is 0.534. The number of rotatable bonds is 9. The minimum Gasteiger partial charge on any atom is -0.490 e. The van der Waals surface area contributed by atoms with E-state index in [4.69, 9.17) is 14.2 Å². The Kier molecular flexibility index (Phi) is 7.11. The first kappa shape index (κ1) is 20.3. The predicted octanol–water partition coefficient (Wildman–Crippen LogP) is 4.78. The highest BCUT2D eigenvalue weighted by atomic mass is 16.5. The van der Waals surface area contributed by atoms with Crippen molar-refractivity contribution in [2.75, 3.05) is 25.1 Å². The number of nitrogens with one attached hydrogen (secondary N) is 1. The number of benzene rings is 3. The highest BCUT2D eigenvalue weighted by Crippen LogP contribution is 2.20. The average molecular weight is 391 g/mol. The van der Waals surface area contributed by atoms with Gasteiger partial charge in [0, 0.05) is 11.8 Å². The van der Waals surface area contributed by atoms with Crippen LogP contribution >= 0.6 is 0 Å². The van der Waals surface area contributed by atoms with Crippen LogP contribution in [-0.2, 0) is 4.79 Å². The molecule has 5 heteroatoms. The predicted molar refractivity (Wildman–Crippen MR) is 114 cm³/mol. The summed E-state index contributed by atoms with van der Waals surface area (Å²) in [6, 6.07) is 22.8. The third-order valence-corrected chi connectivity index (χ3v) is 4.18. The molecule has 0 heterocycles. The molecular formula is C24H25NO4. The Morgan fingerprint density at radius 3 is 2.31 bits per heavy atom. The summed E-state index contributed by atoms with van der Waals surface area (Å²) < 4.78 is 16.9. The van der Waals surface area contributed by atoms with Crippen LogP contribution in [0.1, 0.15) is 11.1 Å². The van der Waals surface area contributed by atoms with Crippen LogP contribution in [0.15, 0.2) is 72.8 Å². The van der Waals surface area contributed by atoms with Crippen molar-refractivity contribution in [2.45, 2.75) is 13.8 Å². The van der Waals surface area contributed by atoms with Crippen LogP contribution in [0.4, 0.5) is 5.69 Å². The van der Waals surface area contributed by atoms with E-state index in [1.807, 2.05) is 80.6 Å². The number of para-hydroxylation sites is 1. The minimum absolute atomic E-state index is 0.0553. The molecule has 1 amide bonds. The molecule has 1 N–H and O–H groups in total. The van der Waals surface area contributed by atoms with Gasteiger partial charge in [-0.05, 0) is 55.3 Å². The van der Waals surface area contributed by atoms with Crippen LogP contribution in [0.2, 0.25) is 0 Å². The van der Waals surface area contributed by atoms with Gasteiger partial charge in [0.25, 0.3) is 5.91 Å². The largest absolute Gasteiger partial charge is 0.490 e. The van der Waals surface area contributed by atoms with Gasteiger partial charge in [0.1, 0.15) is 30.5 Å². The first-order chi connectivity index (χ1) is 14.1. The van der Waals surface area contributed by atoms with E-state index in [1.165, 1.54) is 0 Å². The van der Waals surface area contributed by atoms with Crippen molar-refractivity contribution in [3.8, 4) is 17.2 Å². The number of anilines is 1. The van der Waals surface area contributed by atoms with Gasteiger partial charge in [-0.2, -0.15) is 0 Å². The van der Waals surface area contributed by atoms with Crippen molar-refractivity contribution in [2.24, 2.45) is 0 Å². The van der Waals surface area contributed by atoms with E-state index in [-0.39, 0.29) is 12.5 Å². The summed E-state index contributed by atoms with van der Waals surface area (Å²) in [6.45, 7) is 4.73. The van der Waals surface area contributed by atoms with Gasteiger partial charge in [-0.1, -0.05) is 36.4 Å². The van der Waals surface area contributed by atoms with E-state index in [0.717, 1.165) is 22.6 Å². The number of carbonyl (C=O) groups is 1. The van der Waals surface area contributed by atoms with Gasteiger partial charge < -0.3 is 19.5 Å². The van der Waals surface area contributed by atoms with Gasteiger partial charge in [-0.15, -0.1) is 0 Å². The van der Waals surface area contributed by atoms with E-state index in [2.05, 4.69) is 5.32 Å². The maximum absolute atomic E-state index is 12.2. The minimum atomic E-state index is -0.226. The van der Waals surface area contributed by atoms with Crippen LogP contribution in [0, 0.1) is 13.8 Å². The molecule has 29 heavy (non-hydrogen) atoms. The summed E-state index contributed by atoms with van der Waals surface area (Å²) in [5, 5.41) is 2.83. The lowest BCUT2D eigenvalue weighted by atomic mass is 10.1. The summed E-state index contributed by atoms with van der Waals surface area (Å²) in [5.41, 5.74) is 2.74. The summed E-state index contributed by atoms with van der Waals surface area (Å²) >= 11 is 0. The lowest BCUT2D eigenvalue weighted by Crippen LogP contribution is -2.20. The van der Waals surface area contributed by atoms with E-state index >= 15 is 0 Å². The zero-order chi connectivity index (χ0) is 20.5. The van der Waals surface area contributed by atoms with Crippen LogP contribution in [0.25, 0.3) is 0 Å². The smallest absolute Gasteiger partial charge is 0.262 e.